The van der Waals surface area contributed by atoms with E-state index >= 15 is 0 Å². The SMILES string of the molecule is O=S(=O)(O)CCNc1ncnc(F)n1. The van der Waals surface area contributed by atoms with Crippen molar-refractivity contribution in [3.63, 3.8) is 0 Å². The van der Waals surface area contributed by atoms with Crippen molar-refractivity contribution in [3.05, 3.63) is 12.4 Å². The maximum absolute atomic E-state index is 12.4. The average Bonchev–Trinajstić information content (AvgIpc) is 2.01. The summed E-state index contributed by atoms with van der Waals surface area (Å²) in [6, 6.07) is 0. The first-order valence-corrected chi connectivity index (χ1v) is 5.12. The van der Waals surface area contributed by atoms with Crippen LogP contribution in [0.5, 0.6) is 0 Å². The van der Waals surface area contributed by atoms with Crippen molar-refractivity contribution in [3.8, 4) is 0 Å². The Morgan fingerprint density at radius 3 is 2.79 bits per heavy atom. The Morgan fingerprint density at radius 1 is 1.50 bits per heavy atom. The van der Waals surface area contributed by atoms with E-state index in [0.29, 0.717) is 0 Å². The highest BCUT2D eigenvalue weighted by Crippen LogP contribution is 1.95. The molecule has 0 amide bonds. The first kappa shape index (κ1) is 10.7. The molecular formula is C5H7FN4O3S. The molecule has 0 saturated carbocycles. The highest BCUT2D eigenvalue weighted by atomic mass is 32.2. The minimum Gasteiger partial charge on any atom is -0.353 e. The molecule has 1 aromatic heterocycles. The normalized spacial score (nSPS) is 11.3. The minimum absolute atomic E-state index is 0.0823. The van der Waals surface area contributed by atoms with Gasteiger partial charge in [0.1, 0.15) is 6.33 Å². The molecule has 0 atom stereocenters. The number of nitrogens with zero attached hydrogens (tertiary/aromatic N) is 3. The third kappa shape index (κ3) is 4.05. The lowest BCUT2D eigenvalue weighted by atomic mass is 10.7. The Balaban J connectivity index is 2.47. The molecule has 0 radical (unpaired) electrons. The molecule has 1 heterocycles. The zero-order valence-corrected chi connectivity index (χ0v) is 7.70. The summed E-state index contributed by atoms with van der Waals surface area (Å²) in [4.78, 5) is 9.83. The molecule has 0 aliphatic rings. The number of aromatic nitrogens is 3. The molecule has 0 fully saturated rings. The maximum atomic E-state index is 12.4. The molecule has 1 aromatic rings. The van der Waals surface area contributed by atoms with E-state index in [1.54, 1.807) is 0 Å². The van der Waals surface area contributed by atoms with Crippen LogP contribution in [-0.4, -0.2) is 40.2 Å². The second-order valence-corrected chi connectivity index (χ2v) is 3.86. The van der Waals surface area contributed by atoms with Gasteiger partial charge in [0, 0.05) is 6.54 Å². The van der Waals surface area contributed by atoms with Crippen molar-refractivity contribution >= 4 is 16.1 Å². The lowest BCUT2D eigenvalue weighted by Gasteiger charge is -2.01. The monoisotopic (exact) mass is 222 g/mol. The Hall–Kier alpha value is -1.35. The zero-order valence-electron chi connectivity index (χ0n) is 6.88. The van der Waals surface area contributed by atoms with Gasteiger partial charge in [-0.1, -0.05) is 0 Å². The quantitative estimate of drug-likeness (QED) is 0.649. The first-order valence-electron chi connectivity index (χ1n) is 3.51. The van der Waals surface area contributed by atoms with Crippen molar-refractivity contribution < 1.29 is 17.4 Å². The number of hydrogen-bond donors (Lipinski definition) is 2. The molecule has 1 rings (SSSR count). The van der Waals surface area contributed by atoms with Crippen LogP contribution >= 0.6 is 0 Å². The van der Waals surface area contributed by atoms with Gasteiger partial charge >= 0.3 is 6.08 Å². The molecule has 0 bridgehead atoms. The van der Waals surface area contributed by atoms with E-state index in [-0.39, 0.29) is 12.5 Å². The molecule has 0 saturated heterocycles. The van der Waals surface area contributed by atoms with Gasteiger partial charge in [-0.3, -0.25) is 4.55 Å². The standard InChI is InChI=1S/C5H7FN4O3S/c6-4-8-3-9-5(10-4)7-1-2-14(11,12)13/h3H,1-2H2,(H,11,12,13)(H,7,8,9,10). The molecule has 0 spiro atoms. The van der Waals surface area contributed by atoms with Gasteiger partial charge in [0.25, 0.3) is 10.1 Å². The van der Waals surface area contributed by atoms with Gasteiger partial charge in [-0.15, -0.1) is 0 Å². The van der Waals surface area contributed by atoms with Gasteiger partial charge in [-0.2, -0.15) is 22.8 Å². The summed E-state index contributed by atoms with van der Waals surface area (Å²) in [5.74, 6) is -0.582. The van der Waals surface area contributed by atoms with Gasteiger partial charge in [-0.05, 0) is 0 Å². The summed E-state index contributed by atoms with van der Waals surface area (Å²) in [6.45, 7) is -0.109. The van der Waals surface area contributed by atoms with Crippen LogP contribution in [0.1, 0.15) is 0 Å². The van der Waals surface area contributed by atoms with Crippen LogP contribution in [0.15, 0.2) is 6.33 Å². The van der Waals surface area contributed by atoms with E-state index in [2.05, 4.69) is 20.3 Å². The fraction of sp³-hybridized carbons (Fsp3) is 0.400. The summed E-state index contributed by atoms with van der Waals surface area (Å²) in [5.41, 5.74) is 0. The van der Waals surface area contributed by atoms with Crippen LogP contribution < -0.4 is 5.32 Å². The summed E-state index contributed by atoms with van der Waals surface area (Å²) in [7, 11) is -4.03. The van der Waals surface area contributed by atoms with Gasteiger partial charge in [-0.25, -0.2) is 4.98 Å². The van der Waals surface area contributed by atoms with E-state index in [4.69, 9.17) is 4.55 Å². The molecule has 14 heavy (non-hydrogen) atoms. The number of anilines is 1. The lowest BCUT2D eigenvalue weighted by Crippen LogP contribution is -2.16. The fourth-order valence-electron chi connectivity index (χ4n) is 0.653. The largest absolute Gasteiger partial charge is 0.353 e. The third-order valence-corrected chi connectivity index (χ3v) is 1.91. The topological polar surface area (TPSA) is 105 Å². The highest BCUT2D eigenvalue weighted by molar-refractivity contribution is 7.85. The van der Waals surface area contributed by atoms with E-state index in [0.717, 1.165) is 6.33 Å². The predicted octanol–water partition coefficient (Wildman–Crippen LogP) is -0.690. The molecule has 78 valence electrons. The summed E-state index contributed by atoms with van der Waals surface area (Å²) in [5, 5.41) is 2.40. The Morgan fingerprint density at radius 2 is 2.21 bits per heavy atom. The van der Waals surface area contributed by atoms with Gasteiger partial charge < -0.3 is 5.32 Å². The Labute approximate surface area is 79.2 Å². The summed E-state index contributed by atoms with van der Waals surface area (Å²) in [6.07, 6.45) is -0.0210. The van der Waals surface area contributed by atoms with Crippen molar-refractivity contribution in [1.29, 1.82) is 0 Å². The van der Waals surface area contributed by atoms with Crippen LogP contribution in [0.3, 0.4) is 0 Å². The minimum atomic E-state index is -4.03. The van der Waals surface area contributed by atoms with Crippen LogP contribution in [0, 0.1) is 6.08 Å². The molecule has 0 unspecified atom stereocenters. The number of hydrogen-bond acceptors (Lipinski definition) is 6. The number of rotatable bonds is 4. The maximum Gasteiger partial charge on any atom is 0.313 e. The number of halogens is 1. The number of nitrogens with one attached hydrogen (secondary N) is 1. The van der Waals surface area contributed by atoms with Crippen molar-refractivity contribution in [2.45, 2.75) is 0 Å². The zero-order chi connectivity index (χ0) is 10.6. The summed E-state index contributed by atoms with van der Waals surface area (Å²) < 4.78 is 41.3. The molecular weight excluding hydrogens is 215 g/mol. The molecule has 9 heteroatoms. The second kappa shape index (κ2) is 4.24. The molecule has 7 nitrogen and oxygen atoms in total. The van der Waals surface area contributed by atoms with Crippen LogP contribution in [-0.2, 0) is 10.1 Å². The Bertz CT molecular complexity index is 409. The smallest absolute Gasteiger partial charge is 0.313 e. The highest BCUT2D eigenvalue weighted by Gasteiger charge is 2.04. The molecule has 2 N–H and O–H groups in total. The molecule has 0 aliphatic heterocycles. The second-order valence-electron chi connectivity index (χ2n) is 2.29. The van der Waals surface area contributed by atoms with E-state index < -0.39 is 21.9 Å². The van der Waals surface area contributed by atoms with Gasteiger partial charge in [0.05, 0.1) is 5.75 Å². The van der Waals surface area contributed by atoms with E-state index in [1.165, 1.54) is 0 Å². The average molecular weight is 222 g/mol. The molecule has 0 aliphatic carbocycles. The lowest BCUT2D eigenvalue weighted by molar-refractivity contribution is 0.484. The van der Waals surface area contributed by atoms with Crippen molar-refractivity contribution in [2.75, 3.05) is 17.6 Å². The van der Waals surface area contributed by atoms with Crippen LogP contribution in [0.4, 0.5) is 10.3 Å². The van der Waals surface area contributed by atoms with Crippen LogP contribution in [0.25, 0.3) is 0 Å². The van der Waals surface area contributed by atoms with Gasteiger partial charge in [0.15, 0.2) is 0 Å². The first-order chi connectivity index (χ1) is 6.47. The van der Waals surface area contributed by atoms with Crippen molar-refractivity contribution in [1.82, 2.24) is 15.0 Å². The van der Waals surface area contributed by atoms with E-state index in [1.807, 2.05) is 0 Å². The van der Waals surface area contributed by atoms with Crippen LogP contribution in [0.2, 0.25) is 0 Å². The van der Waals surface area contributed by atoms with E-state index in [9.17, 15) is 12.8 Å². The van der Waals surface area contributed by atoms with Crippen molar-refractivity contribution in [2.24, 2.45) is 0 Å². The molecule has 0 aromatic carbocycles. The third-order valence-electron chi connectivity index (χ3n) is 1.19. The fourth-order valence-corrected chi connectivity index (χ4v) is 1.01. The predicted molar refractivity (Wildman–Crippen MR) is 44.7 cm³/mol. The summed E-state index contributed by atoms with van der Waals surface area (Å²) >= 11 is 0. The van der Waals surface area contributed by atoms with Gasteiger partial charge in [0.2, 0.25) is 5.95 Å². The Kier molecular flexibility index (Phi) is 3.25.